The fourth-order valence-electron chi connectivity index (χ4n) is 7.57. The predicted octanol–water partition coefficient (Wildman–Crippen LogP) is 1.48. The van der Waals surface area contributed by atoms with Crippen molar-refractivity contribution in [2.75, 3.05) is 33.4 Å². The molecule has 8 heteroatoms. The number of likely N-dealkylation sites (tertiary alicyclic amines) is 1. The van der Waals surface area contributed by atoms with Gasteiger partial charge in [-0.25, -0.2) is 4.79 Å². The van der Waals surface area contributed by atoms with Gasteiger partial charge in [0.1, 0.15) is 11.3 Å². The molecular formula is C25H33N3O5. The zero-order valence-electron chi connectivity index (χ0n) is 19.2. The van der Waals surface area contributed by atoms with Gasteiger partial charge in [-0.3, -0.25) is 15.0 Å². The molecule has 8 nitrogen and oxygen atoms in total. The van der Waals surface area contributed by atoms with Crippen molar-refractivity contribution < 1.29 is 24.2 Å². The van der Waals surface area contributed by atoms with Gasteiger partial charge in [-0.05, 0) is 80.7 Å². The van der Waals surface area contributed by atoms with Gasteiger partial charge in [-0.15, -0.1) is 0 Å². The molecule has 3 amide bonds. The van der Waals surface area contributed by atoms with E-state index in [0.29, 0.717) is 25.2 Å². The van der Waals surface area contributed by atoms with Crippen molar-refractivity contribution >= 4 is 11.9 Å². The Hall–Kier alpha value is -2.16. The molecule has 4 fully saturated rings. The Morgan fingerprint density at radius 1 is 1.21 bits per heavy atom. The first-order valence-corrected chi connectivity index (χ1v) is 12.2. The molecule has 0 unspecified atom stereocenters. The van der Waals surface area contributed by atoms with Crippen molar-refractivity contribution in [1.29, 1.82) is 0 Å². The molecule has 33 heavy (non-hydrogen) atoms. The van der Waals surface area contributed by atoms with Crippen LogP contribution in [0.25, 0.3) is 0 Å². The normalized spacial score (nSPS) is 38.4. The topological polar surface area (TPSA) is 100 Å². The minimum absolute atomic E-state index is 0.00694. The Morgan fingerprint density at radius 3 is 2.76 bits per heavy atom. The molecule has 2 aliphatic carbocycles. The number of fused-ring (bicyclic) bond motifs is 1. The first-order chi connectivity index (χ1) is 15.9. The zero-order valence-corrected chi connectivity index (χ0v) is 19.2. The largest absolute Gasteiger partial charge is 0.497 e. The van der Waals surface area contributed by atoms with E-state index in [1.54, 1.807) is 7.11 Å². The van der Waals surface area contributed by atoms with E-state index in [9.17, 15) is 14.7 Å². The lowest BCUT2D eigenvalue weighted by Gasteiger charge is -2.66. The van der Waals surface area contributed by atoms with Gasteiger partial charge in [0.05, 0.1) is 12.7 Å². The summed E-state index contributed by atoms with van der Waals surface area (Å²) < 4.78 is 11.1. The highest BCUT2D eigenvalue weighted by atomic mass is 16.5. The van der Waals surface area contributed by atoms with Gasteiger partial charge in [0.2, 0.25) is 0 Å². The van der Waals surface area contributed by atoms with Crippen molar-refractivity contribution in [2.45, 2.75) is 67.5 Å². The number of carbonyl (C=O) groups excluding carboxylic acids is 2. The number of methoxy groups -OCH3 is 1. The maximum Gasteiger partial charge on any atom is 0.322 e. The van der Waals surface area contributed by atoms with Crippen molar-refractivity contribution in [2.24, 2.45) is 5.92 Å². The molecule has 0 radical (unpaired) electrons. The van der Waals surface area contributed by atoms with Crippen molar-refractivity contribution in [3.63, 3.8) is 0 Å². The number of urea groups is 1. The molecule has 6 rings (SSSR count). The van der Waals surface area contributed by atoms with E-state index >= 15 is 0 Å². The predicted molar refractivity (Wildman–Crippen MR) is 120 cm³/mol. The highest BCUT2D eigenvalue weighted by molar-refractivity contribution is 6.07. The Labute approximate surface area is 194 Å². The summed E-state index contributed by atoms with van der Waals surface area (Å²) >= 11 is 0. The Kier molecular flexibility index (Phi) is 4.81. The number of hydrogen-bond donors (Lipinski definition) is 3. The molecule has 3 aliphatic heterocycles. The summed E-state index contributed by atoms with van der Waals surface area (Å²) in [6, 6.07) is 5.72. The fraction of sp³-hybridized carbons (Fsp3) is 0.680. The van der Waals surface area contributed by atoms with E-state index in [-0.39, 0.29) is 11.9 Å². The summed E-state index contributed by atoms with van der Waals surface area (Å²) in [5, 5.41) is 17.9. The van der Waals surface area contributed by atoms with Crippen LogP contribution in [0.4, 0.5) is 4.79 Å². The molecule has 1 saturated carbocycles. The van der Waals surface area contributed by atoms with Gasteiger partial charge in [0.15, 0.2) is 0 Å². The molecule has 1 aromatic rings. The highest BCUT2D eigenvalue weighted by Crippen LogP contribution is 2.60. The van der Waals surface area contributed by atoms with Gasteiger partial charge in [-0.2, -0.15) is 0 Å². The molecule has 178 valence electrons. The second kappa shape index (κ2) is 7.42. The summed E-state index contributed by atoms with van der Waals surface area (Å²) in [4.78, 5) is 27.6. The maximum absolute atomic E-state index is 12.9. The monoisotopic (exact) mass is 455 g/mol. The fourth-order valence-corrected chi connectivity index (χ4v) is 7.57. The molecule has 3 heterocycles. The van der Waals surface area contributed by atoms with Crippen LogP contribution in [0.15, 0.2) is 18.2 Å². The first kappa shape index (κ1) is 21.4. The van der Waals surface area contributed by atoms with Crippen LogP contribution in [-0.2, 0) is 21.4 Å². The number of benzene rings is 1. The summed E-state index contributed by atoms with van der Waals surface area (Å²) in [5.41, 5.74) is -0.245. The smallest absolute Gasteiger partial charge is 0.322 e. The van der Waals surface area contributed by atoms with Crippen molar-refractivity contribution in [1.82, 2.24) is 15.5 Å². The summed E-state index contributed by atoms with van der Waals surface area (Å²) in [5.74, 6) is 1.08. The number of piperidine rings is 1. The molecule has 5 aliphatic rings. The quantitative estimate of drug-likeness (QED) is 0.597. The Balaban J connectivity index is 1.43. The van der Waals surface area contributed by atoms with E-state index in [1.807, 2.05) is 6.07 Å². The van der Waals surface area contributed by atoms with Crippen LogP contribution >= 0.6 is 0 Å². The van der Waals surface area contributed by atoms with Gasteiger partial charge < -0.3 is 19.9 Å². The zero-order chi connectivity index (χ0) is 22.8. The van der Waals surface area contributed by atoms with Crippen LogP contribution in [0.5, 0.6) is 5.75 Å². The van der Waals surface area contributed by atoms with E-state index in [4.69, 9.17) is 9.47 Å². The van der Waals surface area contributed by atoms with E-state index in [0.717, 1.165) is 63.3 Å². The number of carbonyl (C=O) groups is 2. The number of ether oxygens (including phenoxy) is 2. The number of rotatable bonds is 3. The van der Waals surface area contributed by atoms with Gasteiger partial charge in [-0.1, -0.05) is 6.07 Å². The molecule has 4 atom stereocenters. The Morgan fingerprint density at radius 2 is 2.03 bits per heavy atom. The first-order valence-electron chi connectivity index (χ1n) is 12.2. The third kappa shape index (κ3) is 3.00. The Bertz CT molecular complexity index is 994. The molecule has 3 N–H and O–H groups in total. The van der Waals surface area contributed by atoms with Crippen LogP contribution < -0.4 is 15.4 Å². The maximum atomic E-state index is 12.9. The van der Waals surface area contributed by atoms with Gasteiger partial charge >= 0.3 is 6.03 Å². The van der Waals surface area contributed by atoms with Crippen LogP contribution in [0.2, 0.25) is 0 Å². The second-order valence-electron chi connectivity index (χ2n) is 10.7. The number of hydrogen-bond acceptors (Lipinski definition) is 6. The van der Waals surface area contributed by atoms with Crippen LogP contribution in [0.1, 0.15) is 49.7 Å². The molecule has 1 spiro atoms. The highest BCUT2D eigenvalue weighted by Gasteiger charge is 2.69. The molecule has 2 bridgehead atoms. The average Bonchev–Trinajstić information content (AvgIpc) is 3.09. The van der Waals surface area contributed by atoms with E-state index in [2.05, 4.69) is 27.7 Å². The minimum Gasteiger partial charge on any atom is -0.497 e. The summed E-state index contributed by atoms with van der Waals surface area (Å²) in [6.07, 6.45) is 5.00. The van der Waals surface area contributed by atoms with Crippen LogP contribution in [0.3, 0.4) is 0 Å². The number of nitrogens with one attached hydrogen (secondary N) is 2. The second-order valence-corrected chi connectivity index (χ2v) is 10.7. The third-order valence-electron chi connectivity index (χ3n) is 9.28. The van der Waals surface area contributed by atoms with Gasteiger partial charge in [0.25, 0.3) is 5.91 Å². The molecular weight excluding hydrogens is 422 g/mol. The van der Waals surface area contributed by atoms with E-state index in [1.165, 1.54) is 5.56 Å². The molecule has 0 aromatic heterocycles. The molecule has 1 aromatic carbocycles. The summed E-state index contributed by atoms with van der Waals surface area (Å²) in [7, 11) is 1.65. The number of imide groups is 1. The lowest BCUT2D eigenvalue weighted by Crippen LogP contribution is -2.76. The number of aliphatic hydroxyl groups is 1. The lowest BCUT2D eigenvalue weighted by molar-refractivity contribution is -0.182. The van der Waals surface area contributed by atoms with Crippen LogP contribution in [-0.4, -0.2) is 72.5 Å². The lowest BCUT2D eigenvalue weighted by atomic mass is 9.46. The standard InChI is InChI=1S/C25H33N3O5/c1-32-18-3-2-17-12-20-25(31)7-6-24(21(29)26-22(30)27-24)15-23(25,19(17)13-18)8-9-28(20)14-16-4-10-33-11-5-16/h2-3,13,16,20,31H,4-12,14-15H2,1H3,(H2,26,27,29,30)/t20-,23-,24+,25-/m1/s1. The van der Waals surface area contributed by atoms with Crippen molar-refractivity contribution in [3.8, 4) is 5.75 Å². The summed E-state index contributed by atoms with van der Waals surface area (Å²) in [6.45, 7) is 3.47. The molecule has 3 saturated heterocycles. The average molecular weight is 456 g/mol. The van der Waals surface area contributed by atoms with E-state index < -0.39 is 22.6 Å². The van der Waals surface area contributed by atoms with Crippen molar-refractivity contribution in [3.05, 3.63) is 29.3 Å². The number of nitrogens with zero attached hydrogens (tertiary/aromatic N) is 1. The third-order valence-corrected chi connectivity index (χ3v) is 9.28. The van der Waals surface area contributed by atoms with Crippen LogP contribution in [0, 0.1) is 5.92 Å². The number of amides is 3. The minimum atomic E-state index is -0.964. The SMILES string of the molecule is COc1ccc2c(c1)[C@]13CCN(CC4CCOCC4)[C@H](C2)[C@]1(O)CC[C@@]1(C3)NC(=O)NC1=O. The van der Waals surface area contributed by atoms with Gasteiger partial charge in [0, 0.05) is 31.2 Å².